The van der Waals surface area contributed by atoms with Gasteiger partial charge in [-0.2, -0.15) is 0 Å². The summed E-state index contributed by atoms with van der Waals surface area (Å²) in [4.78, 5) is 2.34. The van der Waals surface area contributed by atoms with Crippen molar-refractivity contribution >= 4 is 23.0 Å². The molecule has 28 heavy (non-hydrogen) atoms. The summed E-state index contributed by atoms with van der Waals surface area (Å²) < 4.78 is 11.0. The van der Waals surface area contributed by atoms with E-state index in [1.807, 2.05) is 6.07 Å². The molecule has 4 rings (SSSR count). The highest BCUT2D eigenvalue weighted by Gasteiger charge is 2.25. The molecule has 148 valence electrons. The molecule has 0 spiro atoms. The van der Waals surface area contributed by atoms with E-state index in [0.29, 0.717) is 18.8 Å². The fraction of sp³-hybridized carbons (Fsp3) is 0.435. The van der Waals surface area contributed by atoms with Crippen molar-refractivity contribution in [2.45, 2.75) is 58.0 Å². The molecular formula is C23H28N2O2S. The van der Waals surface area contributed by atoms with Crippen molar-refractivity contribution < 1.29 is 9.47 Å². The van der Waals surface area contributed by atoms with Crippen molar-refractivity contribution in [1.82, 2.24) is 4.90 Å². The number of thiocarbonyl (C=S) groups is 1. The fourth-order valence-corrected chi connectivity index (χ4v) is 4.30. The smallest absolute Gasteiger partial charge is 0.231 e. The summed E-state index contributed by atoms with van der Waals surface area (Å²) in [5, 5.41) is 4.25. The molecule has 0 unspecified atom stereocenters. The van der Waals surface area contributed by atoms with Crippen LogP contribution in [0.15, 0.2) is 42.5 Å². The predicted molar refractivity (Wildman–Crippen MR) is 117 cm³/mol. The second-order valence-electron chi connectivity index (χ2n) is 7.96. The molecule has 0 bridgehead atoms. The zero-order chi connectivity index (χ0) is 19.5. The van der Waals surface area contributed by atoms with Gasteiger partial charge in [0.25, 0.3) is 0 Å². The van der Waals surface area contributed by atoms with E-state index < -0.39 is 0 Å². The molecule has 2 aromatic rings. The number of hydrogen-bond acceptors (Lipinski definition) is 3. The lowest BCUT2D eigenvalue weighted by molar-refractivity contribution is 0.174. The molecule has 1 saturated carbocycles. The zero-order valence-electron chi connectivity index (χ0n) is 16.6. The summed E-state index contributed by atoms with van der Waals surface area (Å²) in [7, 11) is 0. The molecule has 0 amide bonds. The maximum Gasteiger partial charge on any atom is 0.231 e. The Morgan fingerprint density at radius 2 is 1.79 bits per heavy atom. The highest BCUT2D eigenvalue weighted by molar-refractivity contribution is 7.80. The van der Waals surface area contributed by atoms with Crippen molar-refractivity contribution in [3.63, 3.8) is 0 Å². The first-order chi connectivity index (χ1) is 13.6. The van der Waals surface area contributed by atoms with Gasteiger partial charge in [-0.1, -0.05) is 44.9 Å². The van der Waals surface area contributed by atoms with E-state index in [0.717, 1.165) is 28.8 Å². The van der Waals surface area contributed by atoms with Crippen LogP contribution in [0.4, 0.5) is 5.69 Å². The van der Waals surface area contributed by atoms with Crippen molar-refractivity contribution in [1.29, 1.82) is 0 Å². The first-order valence-corrected chi connectivity index (χ1v) is 10.6. The first-order valence-electron chi connectivity index (χ1n) is 10.2. The van der Waals surface area contributed by atoms with Gasteiger partial charge >= 0.3 is 0 Å². The van der Waals surface area contributed by atoms with Gasteiger partial charge in [0.1, 0.15) is 0 Å². The molecular weight excluding hydrogens is 368 g/mol. The number of ether oxygens (including phenoxy) is 2. The third-order valence-electron chi connectivity index (χ3n) is 5.64. The minimum Gasteiger partial charge on any atom is -0.454 e. The molecule has 1 aliphatic heterocycles. The Labute approximate surface area is 172 Å². The van der Waals surface area contributed by atoms with E-state index in [1.54, 1.807) is 0 Å². The second kappa shape index (κ2) is 8.39. The van der Waals surface area contributed by atoms with Gasteiger partial charge < -0.3 is 19.7 Å². The molecule has 0 radical (unpaired) electrons. The fourth-order valence-electron chi connectivity index (χ4n) is 3.97. The maximum absolute atomic E-state index is 5.84. The number of benzene rings is 2. The minimum atomic E-state index is 0.303. The lowest BCUT2D eigenvalue weighted by Gasteiger charge is -2.32. The number of hydrogen-bond donors (Lipinski definition) is 1. The second-order valence-corrected chi connectivity index (χ2v) is 8.35. The Morgan fingerprint density at radius 1 is 1.07 bits per heavy atom. The summed E-state index contributed by atoms with van der Waals surface area (Å²) in [5.74, 6) is 2.18. The van der Waals surface area contributed by atoms with Crippen LogP contribution in [0.1, 0.15) is 56.6 Å². The summed E-state index contributed by atoms with van der Waals surface area (Å²) >= 11 is 5.84. The molecule has 2 aromatic carbocycles. The lowest BCUT2D eigenvalue weighted by atomic mass is 10.0. The monoisotopic (exact) mass is 396 g/mol. The van der Waals surface area contributed by atoms with Crippen LogP contribution in [-0.2, 0) is 6.54 Å². The van der Waals surface area contributed by atoms with Gasteiger partial charge in [0, 0.05) is 18.3 Å². The number of anilines is 1. The van der Waals surface area contributed by atoms with E-state index in [-0.39, 0.29) is 0 Å². The molecule has 1 heterocycles. The molecule has 2 aliphatic rings. The van der Waals surface area contributed by atoms with Gasteiger partial charge in [-0.15, -0.1) is 0 Å². The van der Waals surface area contributed by atoms with Gasteiger partial charge in [-0.05, 0) is 66.4 Å². The zero-order valence-corrected chi connectivity index (χ0v) is 17.4. The standard InChI is InChI=1S/C23H28N2O2S/c1-16(2)18-8-10-19(11-9-18)24-23(28)25(20-5-3-4-6-20)14-17-7-12-21-22(13-17)27-15-26-21/h7-13,16,20H,3-6,14-15H2,1-2H3,(H,24,28). The van der Waals surface area contributed by atoms with Gasteiger partial charge in [-0.3, -0.25) is 0 Å². The molecule has 1 aliphatic carbocycles. The summed E-state index contributed by atoms with van der Waals surface area (Å²) in [6.45, 7) is 5.50. The van der Waals surface area contributed by atoms with Gasteiger partial charge in [0.15, 0.2) is 16.6 Å². The van der Waals surface area contributed by atoms with Crippen LogP contribution in [0, 0.1) is 0 Å². The van der Waals surface area contributed by atoms with E-state index in [4.69, 9.17) is 21.7 Å². The number of fused-ring (bicyclic) bond motifs is 1. The van der Waals surface area contributed by atoms with E-state index in [9.17, 15) is 0 Å². The van der Waals surface area contributed by atoms with Crippen LogP contribution in [0.25, 0.3) is 0 Å². The first kappa shape index (κ1) is 19.1. The topological polar surface area (TPSA) is 33.7 Å². The van der Waals surface area contributed by atoms with Crippen molar-refractivity contribution in [2.75, 3.05) is 12.1 Å². The number of nitrogens with one attached hydrogen (secondary N) is 1. The Bertz CT molecular complexity index is 829. The van der Waals surface area contributed by atoms with Crippen molar-refractivity contribution in [3.05, 3.63) is 53.6 Å². The Balaban J connectivity index is 1.49. The highest BCUT2D eigenvalue weighted by atomic mass is 32.1. The van der Waals surface area contributed by atoms with Crippen molar-refractivity contribution in [2.24, 2.45) is 0 Å². The average Bonchev–Trinajstić information content (AvgIpc) is 3.38. The maximum atomic E-state index is 5.84. The van der Waals surface area contributed by atoms with Gasteiger partial charge in [0.05, 0.1) is 0 Å². The van der Waals surface area contributed by atoms with Gasteiger partial charge in [-0.25, -0.2) is 0 Å². The minimum absolute atomic E-state index is 0.303. The van der Waals surface area contributed by atoms with Crippen molar-refractivity contribution in [3.8, 4) is 11.5 Å². The molecule has 0 aromatic heterocycles. The van der Waals surface area contributed by atoms with E-state index in [2.05, 4.69) is 60.5 Å². The third-order valence-corrected chi connectivity index (χ3v) is 5.98. The highest BCUT2D eigenvalue weighted by Crippen LogP contribution is 2.34. The predicted octanol–water partition coefficient (Wildman–Crippen LogP) is 5.68. The largest absolute Gasteiger partial charge is 0.454 e. The van der Waals surface area contributed by atoms with Crippen LogP contribution >= 0.6 is 12.2 Å². The third kappa shape index (κ3) is 4.25. The van der Waals surface area contributed by atoms with Crippen LogP contribution in [0.3, 0.4) is 0 Å². The summed E-state index contributed by atoms with van der Waals surface area (Å²) in [6.07, 6.45) is 4.93. The molecule has 1 fully saturated rings. The summed E-state index contributed by atoms with van der Waals surface area (Å²) in [6, 6.07) is 15.2. The Kier molecular flexibility index (Phi) is 5.72. The van der Waals surface area contributed by atoms with Crippen LogP contribution in [0.2, 0.25) is 0 Å². The van der Waals surface area contributed by atoms with Crippen LogP contribution in [-0.4, -0.2) is 22.8 Å². The molecule has 0 atom stereocenters. The van der Waals surface area contributed by atoms with Crippen LogP contribution in [0.5, 0.6) is 11.5 Å². The van der Waals surface area contributed by atoms with E-state index >= 15 is 0 Å². The lowest BCUT2D eigenvalue weighted by Crippen LogP contribution is -2.40. The molecule has 1 N–H and O–H groups in total. The van der Waals surface area contributed by atoms with Gasteiger partial charge in [0.2, 0.25) is 6.79 Å². The normalized spacial score (nSPS) is 15.8. The Hall–Kier alpha value is -2.27. The summed E-state index contributed by atoms with van der Waals surface area (Å²) in [5.41, 5.74) is 3.57. The molecule has 4 nitrogen and oxygen atoms in total. The Morgan fingerprint density at radius 3 is 2.50 bits per heavy atom. The quantitative estimate of drug-likeness (QED) is 0.658. The SMILES string of the molecule is CC(C)c1ccc(NC(=S)N(Cc2ccc3c(c2)OCO3)C2CCCC2)cc1. The number of nitrogens with zero attached hydrogens (tertiary/aromatic N) is 1. The molecule has 0 saturated heterocycles. The van der Waals surface area contributed by atoms with Crippen LogP contribution < -0.4 is 14.8 Å². The average molecular weight is 397 g/mol. The van der Waals surface area contributed by atoms with E-state index in [1.165, 1.54) is 36.8 Å². The molecule has 5 heteroatoms. The number of rotatable bonds is 5.